The molecule has 0 saturated heterocycles. The van der Waals surface area contributed by atoms with Crippen LogP contribution in [0.2, 0.25) is 0 Å². The van der Waals surface area contributed by atoms with E-state index in [9.17, 15) is 4.79 Å². The molecule has 0 fully saturated rings. The molecule has 1 rings (SSSR count). The van der Waals surface area contributed by atoms with Crippen LogP contribution in [0.5, 0.6) is 0 Å². The average molecular weight is 263 g/mol. The van der Waals surface area contributed by atoms with E-state index in [4.69, 9.17) is 5.73 Å². The first-order valence-electron chi connectivity index (χ1n) is 6.88. The van der Waals surface area contributed by atoms with Crippen molar-refractivity contribution in [3.8, 4) is 0 Å². The zero-order chi connectivity index (χ0) is 14.3. The number of hydrogen-bond donors (Lipinski definition) is 2. The number of carbonyl (C=O) groups excluding carboxylic acids is 1. The zero-order valence-electron chi connectivity index (χ0n) is 12.1. The molecule has 1 aromatic rings. The Bertz CT molecular complexity index is 406. The number of nitrogens with one attached hydrogen (secondary N) is 1. The number of benzene rings is 1. The van der Waals surface area contributed by atoms with Gasteiger partial charge in [0.2, 0.25) is 5.91 Å². The van der Waals surface area contributed by atoms with Gasteiger partial charge >= 0.3 is 0 Å². The van der Waals surface area contributed by atoms with Crippen LogP contribution in [0.4, 0.5) is 11.4 Å². The third kappa shape index (κ3) is 5.75. The van der Waals surface area contributed by atoms with E-state index in [1.54, 1.807) is 12.1 Å². The van der Waals surface area contributed by atoms with Crippen LogP contribution in [-0.2, 0) is 4.79 Å². The molecule has 1 aromatic carbocycles. The molecule has 4 heteroatoms. The minimum atomic E-state index is 0.0288. The summed E-state index contributed by atoms with van der Waals surface area (Å²) in [6.45, 7) is 5.14. The predicted molar refractivity (Wildman–Crippen MR) is 81.1 cm³/mol. The zero-order valence-corrected chi connectivity index (χ0v) is 12.1. The highest BCUT2D eigenvalue weighted by Crippen LogP contribution is 2.12. The van der Waals surface area contributed by atoms with Crippen LogP contribution in [0.1, 0.15) is 33.1 Å². The molecule has 0 aliphatic heterocycles. The van der Waals surface area contributed by atoms with Gasteiger partial charge in [-0.05, 0) is 38.6 Å². The molecule has 1 atom stereocenters. The first-order valence-corrected chi connectivity index (χ1v) is 6.88. The second-order valence-corrected chi connectivity index (χ2v) is 5.04. The van der Waals surface area contributed by atoms with E-state index in [2.05, 4.69) is 31.1 Å². The highest BCUT2D eigenvalue weighted by atomic mass is 16.1. The van der Waals surface area contributed by atoms with E-state index in [0.717, 1.165) is 18.7 Å². The van der Waals surface area contributed by atoms with Crippen molar-refractivity contribution in [3.63, 3.8) is 0 Å². The molecule has 0 spiro atoms. The van der Waals surface area contributed by atoms with Crippen molar-refractivity contribution in [2.24, 2.45) is 0 Å². The summed E-state index contributed by atoms with van der Waals surface area (Å²) in [4.78, 5) is 14.1. The van der Waals surface area contributed by atoms with Crippen LogP contribution >= 0.6 is 0 Å². The number of hydrogen-bond acceptors (Lipinski definition) is 3. The maximum Gasteiger partial charge on any atom is 0.225 e. The summed E-state index contributed by atoms with van der Waals surface area (Å²) in [5.41, 5.74) is 7.09. The fourth-order valence-electron chi connectivity index (χ4n) is 1.98. The van der Waals surface area contributed by atoms with Crippen LogP contribution in [-0.4, -0.2) is 30.4 Å². The topological polar surface area (TPSA) is 58.4 Å². The maximum atomic E-state index is 11.8. The van der Waals surface area contributed by atoms with E-state index < -0.39 is 0 Å². The second-order valence-electron chi connectivity index (χ2n) is 5.04. The Morgan fingerprint density at radius 3 is 2.84 bits per heavy atom. The van der Waals surface area contributed by atoms with Crippen LogP contribution in [0, 0.1) is 0 Å². The van der Waals surface area contributed by atoms with Crippen LogP contribution < -0.4 is 11.1 Å². The third-order valence-corrected chi connectivity index (χ3v) is 3.32. The smallest absolute Gasteiger partial charge is 0.225 e. The molecular formula is C15H25N3O. The quantitative estimate of drug-likeness (QED) is 0.744. The molecule has 3 N–H and O–H groups in total. The molecule has 19 heavy (non-hydrogen) atoms. The lowest BCUT2D eigenvalue weighted by Crippen LogP contribution is -2.31. The first kappa shape index (κ1) is 15.5. The standard InChI is InChI=1S/C15H25N3O/c1-4-6-12(2)18(3)10-9-15(19)17-14-8-5-7-13(16)11-14/h5,7-8,11-12H,4,6,9-10,16H2,1-3H3,(H,17,19). The van der Waals surface area contributed by atoms with Gasteiger partial charge in [0, 0.05) is 30.4 Å². The first-order chi connectivity index (χ1) is 9.02. The second kappa shape index (κ2) is 7.79. The highest BCUT2D eigenvalue weighted by molar-refractivity contribution is 5.91. The third-order valence-electron chi connectivity index (χ3n) is 3.32. The van der Waals surface area contributed by atoms with Crippen molar-refractivity contribution in [2.45, 2.75) is 39.2 Å². The fourth-order valence-corrected chi connectivity index (χ4v) is 1.98. The number of amides is 1. The summed E-state index contributed by atoms with van der Waals surface area (Å²) >= 11 is 0. The normalized spacial score (nSPS) is 12.4. The van der Waals surface area contributed by atoms with Gasteiger partial charge in [-0.25, -0.2) is 0 Å². The Kier molecular flexibility index (Phi) is 6.36. The fraction of sp³-hybridized carbons (Fsp3) is 0.533. The largest absolute Gasteiger partial charge is 0.399 e. The molecule has 0 radical (unpaired) electrons. The van der Waals surface area contributed by atoms with E-state index in [-0.39, 0.29) is 5.91 Å². The van der Waals surface area contributed by atoms with Crippen molar-refractivity contribution in [3.05, 3.63) is 24.3 Å². The summed E-state index contributed by atoms with van der Waals surface area (Å²) in [5, 5.41) is 2.86. The number of rotatable bonds is 7. The average Bonchev–Trinajstić information content (AvgIpc) is 2.36. The molecule has 1 amide bonds. The van der Waals surface area contributed by atoms with E-state index >= 15 is 0 Å². The van der Waals surface area contributed by atoms with Crippen LogP contribution in [0.15, 0.2) is 24.3 Å². The van der Waals surface area contributed by atoms with Crippen LogP contribution in [0.25, 0.3) is 0 Å². The van der Waals surface area contributed by atoms with Gasteiger partial charge in [-0.1, -0.05) is 19.4 Å². The Morgan fingerprint density at radius 1 is 1.47 bits per heavy atom. The van der Waals surface area contributed by atoms with Crippen molar-refractivity contribution in [1.82, 2.24) is 4.90 Å². The molecule has 0 aliphatic carbocycles. The Labute approximate surface area is 116 Å². The minimum Gasteiger partial charge on any atom is -0.399 e. The molecule has 1 unspecified atom stereocenters. The number of nitrogens with two attached hydrogens (primary N) is 1. The van der Waals surface area contributed by atoms with Gasteiger partial charge < -0.3 is 16.0 Å². The molecule has 0 heterocycles. The summed E-state index contributed by atoms with van der Waals surface area (Å²) in [5.74, 6) is 0.0288. The lowest BCUT2D eigenvalue weighted by Gasteiger charge is -2.23. The van der Waals surface area contributed by atoms with Crippen LogP contribution in [0.3, 0.4) is 0 Å². The summed E-state index contributed by atoms with van der Waals surface area (Å²) < 4.78 is 0. The lowest BCUT2D eigenvalue weighted by molar-refractivity contribution is -0.116. The van der Waals surface area contributed by atoms with Gasteiger partial charge in [-0.2, -0.15) is 0 Å². The molecule has 0 aromatic heterocycles. The van der Waals surface area contributed by atoms with Gasteiger partial charge in [0.1, 0.15) is 0 Å². The minimum absolute atomic E-state index is 0.0288. The number of nitrogens with zero attached hydrogens (tertiary/aromatic N) is 1. The summed E-state index contributed by atoms with van der Waals surface area (Å²) in [6, 6.07) is 7.76. The molecule has 4 nitrogen and oxygen atoms in total. The summed E-state index contributed by atoms with van der Waals surface area (Å²) in [7, 11) is 2.06. The van der Waals surface area contributed by atoms with Crippen molar-refractivity contribution < 1.29 is 4.79 Å². The van der Waals surface area contributed by atoms with Crippen molar-refractivity contribution >= 4 is 17.3 Å². The Morgan fingerprint density at radius 2 is 2.21 bits per heavy atom. The van der Waals surface area contributed by atoms with Gasteiger partial charge in [0.15, 0.2) is 0 Å². The maximum absolute atomic E-state index is 11.8. The Hall–Kier alpha value is -1.55. The monoisotopic (exact) mass is 263 g/mol. The van der Waals surface area contributed by atoms with Crippen molar-refractivity contribution in [2.75, 3.05) is 24.6 Å². The van der Waals surface area contributed by atoms with E-state index in [0.29, 0.717) is 18.2 Å². The number of nitrogen functional groups attached to an aromatic ring is 1. The lowest BCUT2D eigenvalue weighted by atomic mass is 10.1. The van der Waals surface area contributed by atoms with E-state index in [1.165, 1.54) is 6.42 Å². The number of carbonyl (C=O) groups is 1. The molecule has 0 bridgehead atoms. The molecule has 0 saturated carbocycles. The summed E-state index contributed by atoms with van der Waals surface area (Å²) in [6.07, 6.45) is 2.83. The molecule has 0 aliphatic rings. The van der Waals surface area contributed by atoms with Gasteiger partial charge in [0.05, 0.1) is 0 Å². The molecule has 106 valence electrons. The predicted octanol–water partition coefficient (Wildman–Crippen LogP) is 2.72. The highest BCUT2D eigenvalue weighted by Gasteiger charge is 2.10. The van der Waals surface area contributed by atoms with E-state index in [1.807, 2.05) is 12.1 Å². The van der Waals surface area contributed by atoms with Crippen molar-refractivity contribution in [1.29, 1.82) is 0 Å². The van der Waals surface area contributed by atoms with Gasteiger partial charge in [-0.3, -0.25) is 4.79 Å². The number of anilines is 2. The van der Waals surface area contributed by atoms with Gasteiger partial charge in [-0.15, -0.1) is 0 Å². The Balaban J connectivity index is 2.35. The van der Waals surface area contributed by atoms with Gasteiger partial charge in [0.25, 0.3) is 0 Å². The SMILES string of the molecule is CCCC(C)N(C)CCC(=O)Nc1cccc(N)c1. The molecular weight excluding hydrogens is 238 g/mol.